The van der Waals surface area contributed by atoms with E-state index in [0.29, 0.717) is 34.5 Å². The van der Waals surface area contributed by atoms with Crippen molar-refractivity contribution in [2.24, 2.45) is 5.10 Å². The van der Waals surface area contributed by atoms with Crippen LogP contribution in [0.3, 0.4) is 0 Å². The SMILES string of the molecule is COc1cc(/C(C)=N/NC(=O)Cn2nc(C)c([N+](=O)[O-])c2C)ccc1OCc1ccc(Cl)cc1. The maximum atomic E-state index is 12.3. The van der Waals surface area contributed by atoms with E-state index in [1.54, 1.807) is 44.2 Å². The minimum absolute atomic E-state index is 0.0991. The molecule has 0 saturated heterocycles. The third-order valence-electron chi connectivity index (χ3n) is 5.06. The van der Waals surface area contributed by atoms with E-state index in [4.69, 9.17) is 21.1 Å². The minimum Gasteiger partial charge on any atom is -0.493 e. The maximum absolute atomic E-state index is 12.3. The number of hydrazone groups is 1. The van der Waals surface area contributed by atoms with E-state index in [0.717, 1.165) is 11.1 Å². The van der Waals surface area contributed by atoms with E-state index in [1.807, 2.05) is 12.1 Å². The largest absolute Gasteiger partial charge is 0.493 e. The Morgan fingerprint density at radius 3 is 2.53 bits per heavy atom. The minimum atomic E-state index is -0.509. The van der Waals surface area contributed by atoms with Crippen LogP contribution in [0, 0.1) is 24.0 Å². The Labute approximate surface area is 201 Å². The number of carbonyl (C=O) groups excluding carboxylic acids is 1. The molecule has 0 atom stereocenters. The zero-order valence-electron chi connectivity index (χ0n) is 19.2. The van der Waals surface area contributed by atoms with E-state index >= 15 is 0 Å². The summed E-state index contributed by atoms with van der Waals surface area (Å²) in [4.78, 5) is 22.9. The van der Waals surface area contributed by atoms with Gasteiger partial charge in [-0.1, -0.05) is 23.7 Å². The summed E-state index contributed by atoms with van der Waals surface area (Å²) in [5.74, 6) is 0.612. The molecule has 0 bridgehead atoms. The van der Waals surface area contributed by atoms with Gasteiger partial charge in [0.25, 0.3) is 5.91 Å². The van der Waals surface area contributed by atoms with Gasteiger partial charge in [-0.2, -0.15) is 10.2 Å². The summed E-state index contributed by atoms with van der Waals surface area (Å²) in [5, 5.41) is 20.0. The second-order valence-electron chi connectivity index (χ2n) is 7.45. The molecule has 1 heterocycles. The summed E-state index contributed by atoms with van der Waals surface area (Å²) in [5.41, 5.74) is 5.13. The van der Waals surface area contributed by atoms with Crippen LogP contribution >= 0.6 is 11.6 Å². The molecule has 0 aliphatic heterocycles. The number of amides is 1. The van der Waals surface area contributed by atoms with E-state index in [1.165, 1.54) is 18.7 Å². The molecule has 2 aromatic carbocycles. The smallest absolute Gasteiger partial charge is 0.312 e. The summed E-state index contributed by atoms with van der Waals surface area (Å²) in [6.45, 7) is 4.96. The van der Waals surface area contributed by atoms with Crippen molar-refractivity contribution in [3.63, 3.8) is 0 Å². The number of aromatic nitrogens is 2. The number of ether oxygens (including phenoxy) is 2. The van der Waals surface area contributed by atoms with Crippen LogP contribution in [0.15, 0.2) is 47.6 Å². The van der Waals surface area contributed by atoms with Crippen molar-refractivity contribution in [2.75, 3.05) is 7.11 Å². The van der Waals surface area contributed by atoms with Gasteiger partial charge in [-0.3, -0.25) is 19.6 Å². The van der Waals surface area contributed by atoms with E-state index in [9.17, 15) is 14.9 Å². The van der Waals surface area contributed by atoms with Gasteiger partial charge in [-0.25, -0.2) is 5.43 Å². The molecular weight excluding hydrogens is 462 g/mol. The number of carbonyl (C=O) groups is 1. The van der Waals surface area contributed by atoms with Crippen LogP contribution in [0.25, 0.3) is 0 Å². The molecule has 11 heteroatoms. The van der Waals surface area contributed by atoms with Gasteiger partial charge in [0.1, 0.15) is 24.5 Å². The summed E-state index contributed by atoms with van der Waals surface area (Å²) >= 11 is 5.91. The average Bonchev–Trinajstić information content (AvgIpc) is 3.09. The number of methoxy groups -OCH3 is 1. The Bertz CT molecular complexity index is 1240. The highest BCUT2D eigenvalue weighted by molar-refractivity contribution is 6.30. The number of nitro groups is 1. The Hall–Kier alpha value is -3.92. The zero-order valence-corrected chi connectivity index (χ0v) is 19.9. The number of aryl methyl sites for hydroxylation is 1. The van der Waals surface area contributed by atoms with Crippen molar-refractivity contribution in [3.05, 3.63) is 80.1 Å². The molecule has 1 amide bonds. The fraction of sp³-hybridized carbons (Fsp3) is 0.261. The van der Waals surface area contributed by atoms with Gasteiger partial charge in [0, 0.05) is 10.6 Å². The van der Waals surface area contributed by atoms with Gasteiger partial charge in [0.15, 0.2) is 11.5 Å². The molecule has 3 rings (SSSR count). The number of nitrogens with zero attached hydrogens (tertiary/aromatic N) is 4. The van der Waals surface area contributed by atoms with Crippen LogP contribution in [0.1, 0.15) is 29.4 Å². The maximum Gasteiger partial charge on any atom is 0.312 e. The lowest BCUT2D eigenvalue weighted by Gasteiger charge is -2.12. The fourth-order valence-electron chi connectivity index (χ4n) is 3.24. The van der Waals surface area contributed by atoms with Crippen molar-refractivity contribution in [1.29, 1.82) is 0 Å². The monoisotopic (exact) mass is 485 g/mol. The third-order valence-corrected chi connectivity index (χ3v) is 5.31. The third kappa shape index (κ3) is 5.90. The predicted molar refractivity (Wildman–Crippen MR) is 127 cm³/mol. The molecule has 0 fully saturated rings. The molecule has 0 radical (unpaired) electrons. The molecule has 34 heavy (non-hydrogen) atoms. The van der Waals surface area contributed by atoms with Gasteiger partial charge < -0.3 is 9.47 Å². The number of rotatable bonds is 9. The number of benzene rings is 2. The quantitative estimate of drug-likeness (QED) is 0.275. The molecule has 0 aliphatic rings. The lowest BCUT2D eigenvalue weighted by molar-refractivity contribution is -0.386. The Morgan fingerprint density at radius 2 is 1.91 bits per heavy atom. The number of nitrogens with one attached hydrogen (secondary N) is 1. The Morgan fingerprint density at radius 1 is 1.21 bits per heavy atom. The molecule has 3 aromatic rings. The van der Waals surface area contributed by atoms with E-state index in [-0.39, 0.29) is 17.9 Å². The molecule has 10 nitrogen and oxygen atoms in total. The summed E-state index contributed by atoms with van der Waals surface area (Å²) in [7, 11) is 1.54. The van der Waals surface area contributed by atoms with Crippen LogP contribution in [0.5, 0.6) is 11.5 Å². The molecule has 0 aliphatic carbocycles. The molecule has 0 spiro atoms. The summed E-state index contributed by atoms with van der Waals surface area (Å²) < 4.78 is 12.6. The predicted octanol–water partition coefficient (Wildman–Crippen LogP) is 4.19. The first-order chi connectivity index (χ1) is 16.2. The Balaban J connectivity index is 1.65. The molecular formula is C23H24ClN5O5. The topological polar surface area (TPSA) is 121 Å². The van der Waals surface area contributed by atoms with Crippen molar-refractivity contribution in [3.8, 4) is 11.5 Å². The van der Waals surface area contributed by atoms with Gasteiger partial charge in [0.2, 0.25) is 0 Å². The lowest BCUT2D eigenvalue weighted by atomic mass is 10.1. The van der Waals surface area contributed by atoms with Gasteiger partial charge in [-0.05, 0) is 56.7 Å². The highest BCUT2D eigenvalue weighted by atomic mass is 35.5. The normalized spacial score (nSPS) is 11.3. The average molecular weight is 486 g/mol. The highest BCUT2D eigenvalue weighted by Crippen LogP contribution is 2.29. The fourth-order valence-corrected chi connectivity index (χ4v) is 3.37. The molecule has 0 unspecified atom stereocenters. The zero-order chi connectivity index (χ0) is 24.8. The van der Waals surface area contributed by atoms with Crippen molar-refractivity contribution >= 4 is 28.9 Å². The standard InChI is InChI=1S/C23H24ClN5O5/c1-14(25-26-22(30)12-28-16(3)23(29(31)32)15(2)27-28)18-7-10-20(21(11-18)33-4)34-13-17-5-8-19(24)9-6-17/h5-11H,12-13H2,1-4H3,(H,26,30)/b25-14+. The van der Waals surface area contributed by atoms with Crippen molar-refractivity contribution < 1.29 is 19.2 Å². The Kier molecular flexibility index (Phi) is 7.85. The van der Waals surface area contributed by atoms with Crippen LogP contribution in [-0.4, -0.2) is 33.4 Å². The van der Waals surface area contributed by atoms with E-state index < -0.39 is 10.8 Å². The number of hydrogen-bond acceptors (Lipinski definition) is 7. The lowest BCUT2D eigenvalue weighted by Crippen LogP contribution is -2.25. The second-order valence-corrected chi connectivity index (χ2v) is 7.88. The van der Waals surface area contributed by atoms with Gasteiger partial charge in [0.05, 0.1) is 17.7 Å². The van der Waals surface area contributed by atoms with Crippen LogP contribution in [0.2, 0.25) is 5.02 Å². The molecule has 0 saturated carbocycles. The second kappa shape index (κ2) is 10.8. The molecule has 1 aromatic heterocycles. The summed E-state index contributed by atoms with van der Waals surface area (Å²) in [6, 6.07) is 12.7. The number of halogens is 1. The van der Waals surface area contributed by atoms with Crippen molar-refractivity contribution in [2.45, 2.75) is 33.9 Å². The van der Waals surface area contributed by atoms with Gasteiger partial charge >= 0.3 is 5.69 Å². The van der Waals surface area contributed by atoms with Crippen molar-refractivity contribution in [1.82, 2.24) is 15.2 Å². The number of hydrogen-bond donors (Lipinski definition) is 1. The first-order valence-electron chi connectivity index (χ1n) is 10.3. The van der Waals surface area contributed by atoms with E-state index in [2.05, 4.69) is 15.6 Å². The van der Waals surface area contributed by atoms with Crippen LogP contribution in [-0.2, 0) is 17.9 Å². The first-order valence-corrected chi connectivity index (χ1v) is 10.6. The summed E-state index contributed by atoms with van der Waals surface area (Å²) in [6.07, 6.45) is 0. The van der Waals surface area contributed by atoms with Crippen LogP contribution < -0.4 is 14.9 Å². The molecule has 1 N–H and O–H groups in total. The van der Waals surface area contributed by atoms with Gasteiger partial charge in [-0.15, -0.1) is 0 Å². The highest BCUT2D eigenvalue weighted by Gasteiger charge is 2.22. The van der Waals surface area contributed by atoms with Crippen LogP contribution in [0.4, 0.5) is 5.69 Å². The first kappa shape index (κ1) is 24.7. The molecule has 178 valence electrons.